The van der Waals surface area contributed by atoms with Gasteiger partial charge in [-0.25, -0.2) is 0 Å². The second-order valence-corrected chi connectivity index (χ2v) is 5.85. The van der Waals surface area contributed by atoms with Crippen LogP contribution in [0, 0.1) is 17.0 Å². The Morgan fingerprint density at radius 1 is 1.17 bits per heavy atom. The molecule has 2 aromatic carbocycles. The fraction of sp³-hybridized carbons (Fsp3) is 0.188. The number of hydrogen-bond donors (Lipinski definition) is 2. The van der Waals surface area contributed by atoms with Crippen LogP contribution in [0.4, 0.5) is 11.4 Å². The van der Waals surface area contributed by atoms with Gasteiger partial charge in [-0.05, 0) is 24.6 Å². The number of nitro groups is 1. The van der Waals surface area contributed by atoms with E-state index in [1.54, 1.807) is 31.2 Å². The number of amides is 1. The summed E-state index contributed by atoms with van der Waals surface area (Å²) >= 11 is 12.0. The summed E-state index contributed by atoms with van der Waals surface area (Å²) in [6.45, 7) is 2.48. The van der Waals surface area contributed by atoms with Gasteiger partial charge in [0.1, 0.15) is 0 Å². The second-order valence-electron chi connectivity index (χ2n) is 5.04. The van der Waals surface area contributed by atoms with Gasteiger partial charge >= 0.3 is 0 Å². The van der Waals surface area contributed by atoms with Gasteiger partial charge in [0.2, 0.25) is 0 Å². The number of nitro benzene ring substituents is 1. The molecular formula is C16H15Cl2N3O3. The van der Waals surface area contributed by atoms with E-state index in [1.807, 2.05) is 0 Å². The number of nitrogens with one attached hydrogen (secondary N) is 2. The molecule has 1 amide bonds. The summed E-state index contributed by atoms with van der Waals surface area (Å²) < 4.78 is 0. The molecule has 2 aromatic rings. The predicted molar refractivity (Wildman–Crippen MR) is 95.1 cm³/mol. The van der Waals surface area contributed by atoms with Gasteiger partial charge in [0.25, 0.3) is 11.6 Å². The van der Waals surface area contributed by atoms with Gasteiger partial charge in [0.05, 0.1) is 26.2 Å². The number of carbonyl (C=O) groups is 1. The molecule has 0 unspecified atom stereocenters. The average molecular weight is 368 g/mol. The van der Waals surface area contributed by atoms with Gasteiger partial charge in [0.15, 0.2) is 0 Å². The number of halogens is 2. The zero-order valence-corrected chi connectivity index (χ0v) is 14.3. The molecule has 0 aliphatic rings. The molecule has 0 aliphatic carbocycles. The third kappa shape index (κ3) is 4.37. The number of anilines is 1. The van der Waals surface area contributed by atoms with Gasteiger partial charge in [-0.3, -0.25) is 14.9 Å². The molecule has 2 N–H and O–H groups in total. The standard InChI is InChI=1S/C16H15Cl2N3O3/c1-10-8-11(21(23)24)9-14(18)15(10)19-6-7-20-16(22)12-4-2-3-5-13(12)17/h2-5,8-9,19H,6-7H2,1H3,(H,20,22). The third-order valence-electron chi connectivity index (χ3n) is 3.31. The lowest BCUT2D eigenvalue weighted by molar-refractivity contribution is -0.384. The van der Waals surface area contributed by atoms with Crippen LogP contribution in [0.5, 0.6) is 0 Å². The number of nitrogens with zero attached hydrogens (tertiary/aromatic N) is 1. The molecule has 0 saturated heterocycles. The zero-order valence-electron chi connectivity index (χ0n) is 12.8. The number of carbonyl (C=O) groups excluding carboxylic acids is 1. The zero-order chi connectivity index (χ0) is 17.7. The maximum Gasteiger partial charge on any atom is 0.271 e. The van der Waals surface area contributed by atoms with Crippen molar-refractivity contribution in [2.75, 3.05) is 18.4 Å². The van der Waals surface area contributed by atoms with E-state index in [9.17, 15) is 14.9 Å². The Bertz CT molecular complexity index is 758. The second kappa shape index (κ2) is 7.99. The minimum Gasteiger partial charge on any atom is -0.382 e. The van der Waals surface area contributed by atoms with E-state index in [0.717, 1.165) is 0 Å². The number of non-ortho nitro benzene ring substituents is 1. The maximum absolute atomic E-state index is 12.0. The maximum atomic E-state index is 12.0. The number of benzene rings is 2. The highest BCUT2D eigenvalue weighted by Crippen LogP contribution is 2.30. The Labute approximate surface area is 148 Å². The minimum atomic E-state index is -0.494. The van der Waals surface area contributed by atoms with Gasteiger partial charge in [-0.2, -0.15) is 0 Å². The third-order valence-corrected chi connectivity index (χ3v) is 3.94. The number of hydrogen-bond acceptors (Lipinski definition) is 4. The molecule has 8 heteroatoms. The topological polar surface area (TPSA) is 84.3 Å². The van der Waals surface area contributed by atoms with Crippen LogP contribution in [0.3, 0.4) is 0 Å². The SMILES string of the molecule is Cc1cc([N+](=O)[O-])cc(Cl)c1NCCNC(=O)c1ccccc1Cl. The summed E-state index contributed by atoms with van der Waals surface area (Å²) in [5, 5.41) is 17.2. The quantitative estimate of drug-likeness (QED) is 0.458. The predicted octanol–water partition coefficient (Wildman–Crippen LogP) is 4.05. The molecule has 2 rings (SSSR count). The first kappa shape index (κ1) is 18.0. The summed E-state index contributed by atoms with van der Waals surface area (Å²) in [7, 11) is 0. The first-order valence-electron chi connectivity index (χ1n) is 7.11. The molecule has 0 aromatic heterocycles. The number of aryl methyl sites for hydroxylation is 1. The van der Waals surface area contributed by atoms with Gasteiger partial charge < -0.3 is 10.6 Å². The van der Waals surface area contributed by atoms with Crippen molar-refractivity contribution >= 4 is 40.5 Å². The Morgan fingerprint density at radius 2 is 1.88 bits per heavy atom. The van der Waals surface area contributed by atoms with Crippen LogP contribution in [-0.2, 0) is 0 Å². The molecule has 126 valence electrons. The fourth-order valence-corrected chi connectivity index (χ4v) is 2.71. The monoisotopic (exact) mass is 367 g/mol. The lowest BCUT2D eigenvalue weighted by atomic mass is 10.1. The summed E-state index contributed by atoms with van der Waals surface area (Å²) in [5.41, 5.74) is 1.61. The molecule has 0 heterocycles. The molecular weight excluding hydrogens is 353 g/mol. The molecule has 0 bridgehead atoms. The molecule has 0 radical (unpaired) electrons. The van der Waals surface area contributed by atoms with Crippen molar-refractivity contribution in [1.29, 1.82) is 0 Å². The smallest absolute Gasteiger partial charge is 0.271 e. The molecule has 24 heavy (non-hydrogen) atoms. The van der Waals surface area contributed by atoms with Crippen molar-refractivity contribution in [3.63, 3.8) is 0 Å². The largest absolute Gasteiger partial charge is 0.382 e. The number of rotatable bonds is 6. The van der Waals surface area contributed by atoms with Crippen molar-refractivity contribution in [3.05, 3.63) is 67.7 Å². The lowest BCUT2D eigenvalue weighted by Crippen LogP contribution is -2.29. The van der Waals surface area contributed by atoms with Crippen LogP contribution >= 0.6 is 23.2 Å². The first-order valence-corrected chi connectivity index (χ1v) is 7.87. The fourth-order valence-electron chi connectivity index (χ4n) is 2.16. The van der Waals surface area contributed by atoms with E-state index >= 15 is 0 Å². The Balaban J connectivity index is 1.92. The summed E-state index contributed by atoms with van der Waals surface area (Å²) in [4.78, 5) is 22.3. The average Bonchev–Trinajstić information content (AvgIpc) is 2.53. The van der Waals surface area contributed by atoms with Crippen LogP contribution in [0.2, 0.25) is 10.0 Å². The van der Waals surface area contributed by atoms with Crippen LogP contribution in [0.15, 0.2) is 36.4 Å². The van der Waals surface area contributed by atoms with Gasteiger partial charge in [0, 0.05) is 25.2 Å². The highest BCUT2D eigenvalue weighted by atomic mass is 35.5. The molecule has 6 nitrogen and oxygen atoms in total. The molecule has 0 spiro atoms. The van der Waals surface area contributed by atoms with Crippen LogP contribution in [-0.4, -0.2) is 23.9 Å². The Kier molecular flexibility index (Phi) is 6.00. The van der Waals surface area contributed by atoms with E-state index < -0.39 is 4.92 Å². The molecule has 0 fully saturated rings. The van der Waals surface area contributed by atoms with E-state index in [2.05, 4.69) is 10.6 Å². The van der Waals surface area contributed by atoms with Crippen molar-refractivity contribution in [2.45, 2.75) is 6.92 Å². The van der Waals surface area contributed by atoms with E-state index in [1.165, 1.54) is 12.1 Å². The molecule has 0 atom stereocenters. The first-order chi connectivity index (χ1) is 11.4. The highest BCUT2D eigenvalue weighted by molar-refractivity contribution is 6.34. The van der Waals surface area contributed by atoms with Crippen LogP contribution in [0.25, 0.3) is 0 Å². The lowest BCUT2D eigenvalue weighted by Gasteiger charge is -2.12. The normalized spacial score (nSPS) is 10.3. The van der Waals surface area contributed by atoms with Crippen LogP contribution in [0.1, 0.15) is 15.9 Å². The van der Waals surface area contributed by atoms with E-state index in [4.69, 9.17) is 23.2 Å². The van der Waals surface area contributed by atoms with Crippen molar-refractivity contribution in [1.82, 2.24) is 5.32 Å². The summed E-state index contributed by atoms with van der Waals surface area (Å²) in [5.74, 6) is -0.270. The molecule has 0 saturated carbocycles. The summed E-state index contributed by atoms with van der Waals surface area (Å²) in [6.07, 6.45) is 0. The molecule has 0 aliphatic heterocycles. The van der Waals surface area contributed by atoms with Gasteiger partial charge in [-0.1, -0.05) is 35.3 Å². The van der Waals surface area contributed by atoms with Crippen molar-refractivity contribution in [3.8, 4) is 0 Å². The van der Waals surface area contributed by atoms with E-state index in [-0.39, 0.29) is 16.6 Å². The van der Waals surface area contributed by atoms with Gasteiger partial charge in [-0.15, -0.1) is 0 Å². The van der Waals surface area contributed by atoms with E-state index in [0.29, 0.717) is 34.9 Å². The summed E-state index contributed by atoms with van der Waals surface area (Å²) in [6, 6.07) is 9.51. The van der Waals surface area contributed by atoms with Crippen LogP contribution < -0.4 is 10.6 Å². The van der Waals surface area contributed by atoms with Crippen molar-refractivity contribution < 1.29 is 9.72 Å². The van der Waals surface area contributed by atoms with Crippen molar-refractivity contribution in [2.24, 2.45) is 0 Å². The Morgan fingerprint density at radius 3 is 2.50 bits per heavy atom. The Hall–Kier alpha value is -2.31. The minimum absolute atomic E-state index is 0.0601. The highest BCUT2D eigenvalue weighted by Gasteiger charge is 2.13.